The zero-order chi connectivity index (χ0) is 14.4. The van der Waals surface area contributed by atoms with Crippen LogP contribution in [0.15, 0.2) is 29.8 Å². The van der Waals surface area contributed by atoms with Gasteiger partial charge in [-0.3, -0.25) is 4.90 Å². The van der Waals surface area contributed by atoms with Gasteiger partial charge in [0.05, 0.1) is 12.7 Å². The van der Waals surface area contributed by atoms with Gasteiger partial charge in [-0.15, -0.1) is 0 Å². The number of likely N-dealkylation sites (tertiary alicyclic amines) is 1. The first kappa shape index (κ1) is 15.1. The number of carbonyl (C=O) groups is 1. The second-order valence-corrected chi connectivity index (χ2v) is 5.49. The standard InChI is InChI=1S/C16H20ClNO2/c1-20-16(19)14(12-18-9-3-2-4-10-18)11-13-5-7-15(17)8-6-13/h5-8,11H,2-4,9-10,12H2,1H3/b14-11+. The lowest BCUT2D eigenvalue weighted by atomic mass is 10.1. The van der Waals surface area contributed by atoms with E-state index in [1.54, 1.807) is 0 Å². The summed E-state index contributed by atoms with van der Waals surface area (Å²) in [7, 11) is 1.42. The zero-order valence-corrected chi connectivity index (χ0v) is 12.5. The van der Waals surface area contributed by atoms with E-state index in [4.69, 9.17) is 16.3 Å². The predicted molar refractivity (Wildman–Crippen MR) is 81.7 cm³/mol. The molecular weight excluding hydrogens is 274 g/mol. The minimum Gasteiger partial charge on any atom is -0.466 e. The fraction of sp³-hybridized carbons (Fsp3) is 0.438. The maximum Gasteiger partial charge on any atom is 0.335 e. The van der Waals surface area contributed by atoms with Crippen LogP contribution < -0.4 is 0 Å². The van der Waals surface area contributed by atoms with E-state index < -0.39 is 0 Å². The van der Waals surface area contributed by atoms with E-state index >= 15 is 0 Å². The summed E-state index contributed by atoms with van der Waals surface area (Å²) in [4.78, 5) is 14.2. The fourth-order valence-corrected chi connectivity index (χ4v) is 2.54. The van der Waals surface area contributed by atoms with Crippen molar-refractivity contribution in [2.75, 3.05) is 26.7 Å². The number of methoxy groups -OCH3 is 1. The van der Waals surface area contributed by atoms with Crippen LogP contribution >= 0.6 is 11.6 Å². The summed E-state index contributed by atoms with van der Waals surface area (Å²) >= 11 is 5.87. The molecule has 1 aliphatic heterocycles. The SMILES string of the molecule is COC(=O)/C(=C/c1ccc(Cl)cc1)CN1CCCCC1. The predicted octanol–water partition coefficient (Wildman–Crippen LogP) is 3.38. The molecular formula is C16H20ClNO2. The van der Waals surface area contributed by atoms with E-state index in [2.05, 4.69) is 4.90 Å². The van der Waals surface area contributed by atoms with E-state index in [0.29, 0.717) is 17.1 Å². The van der Waals surface area contributed by atoms with Crippen LogP contribution in [-0.2, 0) is 9.53 Å². The molecule has 0 saturated carbocycles. The highest BCUT2D eigenvalue weighted by atomic mass is 35.5. The quantitative estimate of drug-likeness (QED) is 0.629. The summed E-state index contributed by atoms with van der Waals surface area (Å²) in [6, 6.07) is 7.45. The average Bonchev–Trinajstić information content (AvgIpc) is 2.49. The van der Waals surface area contributed by atoms with Gasteiger partial charge in [-0.1, -0.05) is 30.2 Å². The lowest BCUT2D eigenvalue weighted by Gasteiger charge is -2.26. The molecule has 0 N–H and O–H groups in total. The molecule has 2 rings (SSSR count). The first-order chi connectivity index (χ1) is 9.69. The molecule has 1 fully saturated rings. The molecule has 1 aromatic carbocycles. The first-order valence-electron chi connectivity index (χ1n) is 6.96. The number of nitrogens with zero attached hydrogens (tertiary/aromatic N) is 1. The lowest BCUT2D eigenvalue weighted by molar-refractivity contribution is -0.136. The second-order valence-electron chi connectivity index (χ2n) is 5.05. The zero-order valence-electron chi connectivity index (χ0n) is 11.8. The summed E-state index contributed by atoms with van der Waals surface area (Å²) in [5, 5.41) is 0.692. The Bertz CT molecular complexity index is 476. The molecule has 0 bridgehead atoms. The van der Waals surface area contributed by atoms with Crippen molar-refractivity contribution in [3.8, 4) is 0 Å². The Morgan fingerprint density at radius 2 is 1.90 bits per heavy atom. The summed E-state index contributed by atoms with van der Waals surface area (Å²) in [5.74, 6) is -0.259. The minimum atomic E-state index is -0.259. The van der Waals surface area contributed by atoms with Gasteiger partial charge < -0.3 is 4.74 Å². The van der Waals surface area contributed by atoms with E-state index in [0.717, 1.165) is 18.7 Å². The summed E-state index contributed by atoms with van der Waals surface area (Å²) < 4.78 is 4.89. The maximum atomic E-state index is 11.9. The van der Waals surface area contributed by atoms with Crippen molar-refractivity contribution in [3.63, 3.8) is 0 Å². The van der Waals surface area contributed by atoms with E-state index in [1.165, 1.54) is 26.4 Å². The molecule has 0 aliphatic carbocycles. The second kappa shape index (κ2) is 7.46. The van der Waals surface area contributed by atoms with Crippen LogP contribution in [0.2, 0.25) is 5.02 Å². The third-order valence-corrected chi connectivity index (χ3v) is 3.75. The maximum absolute atomic E-state index is 11.9. The van der Waals surface area contributed by atoms with Crippen LogP contribution in [0.3, 0.4) is 0 Å². The first-order valence-corrected chi connectivity index (χ1v) is 7.33. The molecule has 1 saturated heterocycles. The van der Waals surface area contributed by atoms with Crippen molar-refractivity contribution >= 4 is 23.6 Å². The topological polar surface area (TPSA) is 29.5 Å². The number of esters is 1. The van der Waals surface area contributed by atoms with Gasteiger partial charge in [0.15, 0.2) is 0 Å². The highest BCUT2D eigenvalue weighted by Gasteiger charge is 2.16. The van der Waals surface area contributed by atoms with Crippen LogP contribution in [-0.4, -0.2) is 37.6 Å². The van der Waals surface area contributed by atoms with Crippen molar-refractivity contribution in [2.24, 2.45) is 0 Å². The molecule has 1 heterocycles. The van der Waals surface area contributed by atoms with Crippen LogP contribution in [0, 0.1) is 0 Å². The van der Waals surface area contributed by atoms with Gasteiger partial charge in [0.1, 0.15) is 0 Å². The van der Waals surface area contributed by atoms with Crippen LogP contribution in [0.4, 0.5) is 0 Å². The molecule has 0 unspecified atom stereocenters. The monoisotopic (exact) mass is 293 g/mol. The number of benzene rings is 1. The molecule has 1 aromatic rings. The van der Waals surface area contributed by atoms with Gasteiger partial charge in [-0.2, -0.15) is 0 Å². The number of hydrogen-bond donors (Lipinski definition) is 0. The molecule has 3 nitrogen and oxygen atoms in total. The van der Waals surface area contributed by atoms with Crippen molar-refractivity contribution in [1.82, 2.24) is 4.90 Å². The summed E-state index contributed by atoms with van der Waals surface area (Å²) in [6.45, 7) is 2.75. The Kier molecular flexibility index (Phi) is 5.62. The normalized spacial score (nSPS) is 17.0. The third kappa shape index (κ3) is 4.36. The molecule has 20 heavy (non-hydrogen) atoms. The van der Waals surface area contributed by atoms with Crippen LogP contribution in [0.1, 0.15) is 24.8 Å². The molecule has 108 valence electrons. The van der Waals surface area contributed by atoms with Gasteiger partial charge >= 0.3 is 5.97 Å². The molecule has 0 radical (unpaired) electrons. The Morgan fingerprint density at radius 3 is 2.50 bits per heavy atom. The van der Waals surface area contributed by atoms with E-state index in [9.17, 15) is 4.79 Å². The van der Waals surface area contributed by atoms with Gasteiger partial charge in [-0.25, -0.2) is 4.79 Å². The molecule has 0 atom stereocenters. The molecule has 0 spiro atoms. The average molecular weight is 294 g/mol. The van der Waals surface area contributed by atoms with Crippen molar-refractivity contribution in [3.05, 3.63) is 40.4 Å². The van der Waals surface area contributed by atoms with Gasteiger partial charge in [0.2, 0.25) is 0 Å². The Morgan fingerprint density at radius 1 is 1.25 bits per heavy atom. The highest BCUT2D eigenvalue weighted by Crippen LogP contribution is 2.16. The van der Waals surface area contributed by atoms with Crippen molar-refractivity contribution in [1.29, 1.82) is 0 Å². The van der Waals surface area contributed by atoms with Crippen LogP contribution in [0.5, 0.6) is 0 Å². The number of rotatable bonds is 4. The number of halogens is 1. The number of hydrogen-bond acceptors (Lipinski definition) is 3. The Labute approximate surface area is 125 Å². The summed E-state index contributed by atoms with van der Waals surface area (Å²) in [5.41, 5.74) is 1.66. The van der Waals surface area contributed by atoms with Gasteiger partial charge in [-0.05, 0) is 49.7 Å². The largest absolute Gasteiger partial charge is 0.466 e. The van der Waals surface area contributed by atoms with Crippen LogP contribution in [0.25, 0.3) is 6.08 Å². The number of carbonyl (C=O) groups excluding carboxylic acids is 1. The van der Waals surface area contributed by atoms with E-state index in [-0.39, 0.29) is 5.97 Å². The van der Waals surface area contributed by atoms with Crippen molar-refractivity contribution in [2.45, 2.75) is 19.3 Å². The summed E-state index contributed by atoms with van der Waals surface area (Å²) in [6.07, 6.45) is 5.58. The minimum absolute atomic E-state index is 0.259. The third-order valence-electron chi connectivity index (χ3n) is 3.50. The molecule has 0 amide bonds. The van der Waals surface area contributed by atoms with E-state index in [1.807, 2.05) is 30.3 Å². The Balaban J connectivity index is 2.13. The smallest absolute Gasteiger partial charge is 0.335 e. The molecule has 4 heteroatoms. The number of ether oxygens (including phenoxy) is 1. The fourth-order valence-electron chi connectivity index (χ4n) is 2.42. The lowest BCUT2D eigenvalue weighted by Crippen LogP contribution is -2.33. The van der Waals surface area contributed by atoms with Gasteiger partial charge in [0.25, 0.3) is 0 Å². The Hall–Kier alpha value is -1.32. The molecule has 0 aromatic heterocycles. The van der Waals surface area contributed by atoms with Crippen molar-refractivity contribution < 1.29 is 9.53 Å². The van der Waals surface area contributed by atoms with Gasteiger partial charge in [0, 0.05) is 11.6 Å². The highest BCUT2D eigenvalue weighted by molar-refractivity contribution is 6.30. The molecule has 1 aliphatic rings. The number of piperidine rings is 1.